The van der Waals surface area contributed by atoms with E-state index in [4.69, 9.17) is 0 Å². The van der Waals surface area contributed by atoms with Crippen LogP contribution in [0.25, 0.3) is 0 Å². The number of imide groups is 1. The molecular weight excluding hydrogens is 521 g/mol. The molecule has 0 aliphatic carbocycles. The summed E-state index contributed by atoms with van der Waals surface area (Å²) in [4.78, 5) is 41.3. The Morgan fingerprint density at radius 1 is 1.05 bits per heavy atom. The number of anilines is 1. The van der Waals surface area contributed by atoms with Gasteiger partial charge in [0.15, 0.2) is 0 Å². The van der Waals surface area contributed by atoms with Crippen LogP contribution >= 0.6 is 0 Å². The molecule has 1 aliphatic heterocycles. The summed E-state index contributed by atoms with van der Waals surface area (Å²) in [6.07, 6.45) is 1.49. The fourth-order valence-corrected chi connectivity index (χ4v) is 5.20. The van der Waals surface area contributed by atoms with Gasteiger partial charge in [-0.15, -0.1) is 0 Å². The highest BCUT2D eigenvalue weighted by Crippen LogP contribution is 2.31. The summed E-state index contributed by atoms with van der Waals surface area (Å²) in [7, 11) is -3.13. The lowest BCUT2D eigenvalue weighted by molar-refractivity contribution is -0.134. The first-order valence-electron chi connectivity index (χ1n) is 12.5. The summed E-state index contributed by atoms with van der Waals surface area (Å²) in [6, 6.07) is 17.1. The van der Waals surface area contributed by atoms with Crippen LogP contribution in [-0.4, -0.2) is 49.2 Å². The van der Waals surface area contributed by atoms with Crippen LogP contribution < -0.4 is 10.6 Å². The Morgan fingerprint density at radius 2 is 1.72 bits per heavy atom. The largest absolute Gasteiger partial charge is 0.325 e. The van der Waals surface area contributed by atoms with E-state index in [1.807, 2.05) is 6.07 Å². The van der Waals surface area contributed by atoms with Crippen molar-refractivity contribution in [3.8, 4) is 0 Å². The van der Waals surface area contributed by atoms with Gasteiger partial charge < -0.3 is 10.6 Å². The summed E-state index contributed by atoms with van der Waals surface area (Å²) in [5.74, 6) is -2.55. The molecule has 3 aromatic rings. The Balaban J connectivity index is 1.62. The maximum atomic E-state index is 14.6. The molecule has 1 heterocycles. The number of aryl methyl sites for hydroxylation is 2. The first kappa shape index (κ1) is 28.0. The number of carbonyl (C=O) groups is 3. The maximum Gasteiger partial charge on any atom is 0.325 e. The number of carbonyl (C=O) groups excluding carboxylic acids is 3. The van der Waals surface area contributed by atoms with Crippen LogP contribution in [0.15, 0.2) is 72.8 Å². The van der Waals surface area contributed by atoms with Gasteiger partial charge >= 0.3 is 6.03 Å². The molecule has 1 unspecified atom stereocenters. The molecule has 8 nitrogen and oxygen atoms in total. The van der Waals surface area contributed by atoms with Crippen molar-refractivity contribution in [2.75, 3.05) is 17.3 Å². The second-order valence-electron chi connectivity index (χ2n) is 9.83. The number of benzene rings is 3. The molecule has 4 rings (SSSR count). The predicted octanol–water partition coefficient (Wildman–Crippen LogP) is 4.13. The van der Waals surface area contributed by atoms with Crippen molar-refractivity contribution >= 4 is 33.4 Å². The lowest BCUT2D eigenvalue weighted by atomic mass is 9.91. The zero-order valence-electron chi connectivity index (χ0n) is 21.8. The van der Waals surface area contributed by atoms with E-state index < -0.39 is 51.5 Å². The highest BCUT2D eigenvalue weighted by atomic mass is 32.2. The van der Waals surface area contributed by atoms with Crippen LogP contribution in [0.1, 0.15) is 41.1 Å². The minimum atomic E-state index is -3.13. The molecule has 39 heavy (non-hydrogen) atoms. The maximum absolute atomic E-state index is 14.6. The molecule has 3 aromatic carbocycles. The van der Waals surface area contributed by atoms with Gasteiger partial charge in [-0.1, -0.05) is 67.6 Å². The number of rotatable bonds is 9. The van der Waals surface area contributed by atoms with Crippen LogP contribution in [0.2, 0.25) is 0 Å². The van der Waals surface area contributed by atoms with E-state index in [0.717, 1.165) is 16.0 Å². The smallest absolute Gasteiger partial charge is 0.322 e. The van der Waals surface area contributed by atoms with Crippen LogP contribution in [0.4, 0.5) is 14.9 Å². The molecule has 2 N–H and O–H groups in total. The number of sulfone groups is 1. The second-order valence-corrected chi connectivity index (χ2v) is 12.1. The molecule has 1 aliphatic rings. The van der Waals surface area contributed by atoms with Crippen molar-refractivity contribution in [3.63, 3.8) is 0 Å². The zero-order chi connectivity index (χ0) is 28.3. The van der Waals surface area contributed by atoms with Gasteiger partial charge in [-0.2, -0.15) is 0 Å². The minimum absolute atomic E-state index is 0.00500. The third kappa shape index (κ3) is 6.51. The third-order valence-electron chi connectivity index (χ3n) is 6.77. The first-order valence-corrected chi connectivity index (χ1v) is 14.5. The molecule has 10 heteroatoms. The normalized spacial score (nSPS) is 17.0. The average Bonchev–Trinajstić information content (AvgIpc) is 3.18. The van der Waals surface area contributed by atoms with Gasteiger partial charge in [0.25, 0.3) is 5.91 Å². The van der Waals surface area contributed by atoms with Gasteiger partial charge in [0, 0.05) is 12.2 Å². The monoisotopic (exact) mass is 551 g/mol. The number of hydrogen-bond acceptors (Lipinski definition) is 5. The van der Waals surface area contributed by atoms with E-state index in [1.165, 1.54) is 18.4 Å². The highest BCUT2D eigenvalue weighted by Gasteiger charge is 2.47. The molecule has 0 spiro atoms. The van der Waals surface area contributed by atoms with E-state index in [2.05, 4.69) is 10.6 Å². The molecule has 204 valence electrons. The lowest BCUT2D eigenvalue weighted by Gasteiger charge is -2.30. The van der Waals surface area contributed by atoms with Crippen LogP contribution in [0, 0.1) is 12.7 Å². The van der Waals surface area contributed by atoms with Crippen LogP contribution in [0.5, 0.6) is 0 Å². The van der Waals surface area contributed by atoms with E-state index >= 15 is 0 Å². The van der Waals surface area contributed by atoms with Gasteiger partial charge in [-0.3, -0.25) is 9.59 Å². The molecule has 3 atom stereocenters. The molecule has 0 radical (unpaired) electrons. The molecule has 0 saturated carbocycles. The number of halogens is 1. The Labute approximate surface area is 227 Å². The topological polar surface area (TPSA) is 113 Å². The van der Waals surface area contributed by atoms with Crippen molar-refractivity contribution in [1.82, 2.24) is 10.2 Å². The Morgan fingerprint density at radius 3 is 2.33 bits per heavy atom. The Bertz CT molecular complexity index is 1490. The molecule has 1 saturated heterocycles. The van der Waals surface area contributed by atoms with E-state index in [-0.39, 0.29) is 11.4 Å². The van der Waals surface area contributed by atoms with E-state index in [0.29, 0.717) is 17.5 Å². The SMILES string of the molecule is Cc1ccc(NC(=O)[C@H]([C@@H](C)c2ccccc2)N2C(=O)NC(c3ccc(CCS(C)(=O)=O)cc3)C2=O)c(F)c1. The number of nitrogens with zero attached hydrogens (tertiary/aromatic N) is 1. The van der Waals surface area contributed by atoms with E-state index in [1.54, 1.807) is 68.4 Å². The number of amides is 4. The quantitative estimate of drug-likeness (QED) is 0.389. The fraction of sp³-hybridized carbons (Fsp3) is 0.276. The number of urea groups is 1. The molecule has 1 fully saturated rings. The van der Waals surface area contributed by atoms with Gasteiger partial charge in [0.05, 0.1) is 11.4 Å². The summed E-state index contributed by atoms with van der Waals surface area (Å²) < 4.78 is 37.5. The molecule has 4 amide bonds. The van der Waals surface area contributed by atoms with Crippen molar-refractivity contribution in [2.45, 2.75) is 38.3 Å². The Kier molecular flexibility index (Phi) is 8.15. The van der Waals surface area contributed by atoms with Crippen molar-refractivity contribution in [3.05, 3.63) is 101 Å². The van der Waals surface area contributed by atoms with Gasteiger partial charge in [0.1, 0.15) is 27.7 Å². The average molecular weight is 552 g/mol. The zero-order valence-corrected chi connectivity index (χ0v) is 22.7. The van der Waals surface area contributed by atoms with Gasteiger partial charge in [-0.25, -0.2) is 22.5 Å². The number of nitrogens with one attached hydrogen (secondary N) is 2. The Hall–Kier alpha value is -4.05. The predicted molar refractivity (Wildman–Crippen MR) is 146 cm³/mol. The fourth-order valence-electron chi connectivity index (χ4n) is 4.60. The third-order valence-corrected chi connectivity index (χ3v) is 7.72. The highest BCUT2D eigenvalue weighted by molar-refractivity contribution is 7.90. The van der Waals surface area contributed by atoms with Crippen LogP contribution in [0.3, 0.4) is 0 Å². The van der Waals surface area contributed by atoms with Crippen LogP contribution in [-0.2, 0) is 25.8 Å². The minimum Gasteiger partial charge on any atom is -0.322 e. The standard InChI is InChI=1S/C29H30FN3O5S/c1-18-9-14-24(23(30)17-18)31-27(34)26(19(2)21-7-5-4-6-8-21)33-28(35)25(32-29(33)36)22-12-10-20(11-13-22)15-16-39(3,37)38/h4-14,17,19,25-26H,15-16H2,1-3H3,(H,31,34)(H,32,36)/t19-,25?,26-/m0/s1. The molecular formula is C29H30FN3O5S. The summed E-state index contributed by atoms with van der Waals surface area (Å²) in [6.45, 7) is 3.45. The second kappa shape index (κ2) is 11.4. The first-order chi connectivity index (χ1) is 18.4. The lowest BCUT2D eigenvalue weighted by Crippen LogP contribution is -2.50. The summed E-state index contributed by atoms with van der Waals surface area (Å²) >= 11 is 0. The van der Waals surface area contributed by atoms with E-state index in [9.17, 15) is 27.2 Å². The van der Waals surface area contributed by atoms with Gasteiger partial charge in [-0.05, 0) is 47.7 Å². The van der Waals surface area contributed by atoms with Crippen molar-refractivity contribution in [2.24, 2.45) is 0 Å². The molecule has 0 aromatic heterocycles. The summed E-state index contributed by atoms with van der Waals surface area (Å²) in [5.41, 5.74) is 2.62. The molecule has 0 bridgehead atoms. The summed E-state index contributed by atoms with van der Waals surface area (Å²) in [5, 5.41) is 5.22. The van der Waals surface area contributed by atoms with Crippen molar-refractivity contribution in [1.29, 1.82) is 0 Å². The van der Waals surface area contributed by atoms with Gasteiger partial charge in [0.2, 0.25) is 5.91 Å². The van der Waals surface area contributed by atoms with Crippen molar-refractivity contribution < 1.29 is 27.2 Å². The number of hydrogen-bond donors (Lipinski definition) is 2.